The van der Waals surface area contributed by atoms with Gasteiger partial charge in [-0.25, -0.2) is 4.98 Å². The van der Waals surface area contributed by atoms with Crippen molar-refractivity contribution in [1.29, 1.82) is 0 Å². The summed E-state index contributed by atoms with van der Waals surface area (Å²) in [6.07, 6.45) is 4.06. The van der Waals surface area contributed by atoms with Crippen molar-refractivity contribution in [1.82, 2.24) is 19.8 Å². The standard InChI is InChI=1S/C27H29N5O2/c28-24(27(33)32-16-14-31(15-17-32)19-21-4-2-1-3-5-21)18-20-6-8-22(9-7-20)34-25-11-13-30-26-23(25)10-12-29-26/h1-13,24H,14-19,28H2,(H,29,30)/t24-/m0/s1. The predicted molar refractivity (Wildman–Crippen MR) is 133 cm³/mol. The fraction of sp³-hybridized carbons (Fsp3) is 0.259. The number of hydrogen-bond donors (Lipinski definition) is 2. The Morgan fingerprint density at radius 1 is 0.971 bits per heavy atom. The minimum absolute atomic E-state index is 0.0197. The minimum Gasteiger partial charge on any atom is -0.457 e. The predicted octanol–water partition coefficient (Wildman–Crippen LogP) is 3.57. The SMILES string of the molecule is N[C@@H](Cc1ccc(Oc2ccnc3[nH]ccc23)cc1)C(=O)N1CCN(Cc2ccccc2)CC1. The van der Waals surface area contributed by atoms with Crippen molar-refractivity contribution in [3.05, 3.63) is 90.3 Å². The average molecular weight is 456 g/mol. The number of carbonyl (C=O) groups excluding carboxylic acids is 1. The molecule has 0 radical (unpaired) electrons. The molecule has 1 aliphatic heterocycles. The van der Waals surface area contributed by atoms with Crippen LogP contribution in [0.4, 0.5) is 0 Å². The maximum absolute atomic E-state index is 12.9. The zero-order valence-corrected chi connectivity index (χ0v) is 19.1. The Morgan fingerprint density at radius 2 is 1.74 bits per heavy atom. The van der Waals surface area contributed by atoms with Crippen molar-refractivity contribution >= 4 is 16.9 Å². The van der Waals surface area contributed by atoms with Crippen LogP contribution in [-0.2, 0) is 17.8 Å². The number of fused-ring (bicyclic) bond motifs is 1. The van der Waals surface area contributed by atoms with Gasteiger partial charge in [0, 0.05) is 45.1 Å². The summed E-state index contributed by atoms with van der Waals surface area (Å²) in [5, 5.41) is 0.933. The van der Waals surface area contributed by atoms with Crippen LogP contribution in [0.25, 0.3) is 11.0 Å². The molecule has 0 unspecified atom stereocenters. The molecule has 1 saturated heterocycles. The van der Waals surface area contributed by atoms with Gasteiger partial charge in [0.1, 0.15) is 17.1 Å². The summed E-state index contributed by atoms with van der Waals surface area (Å²) in [7, 11) is 0. The third kappa shape index (κ3) is 5.11. The molecule has 3 heterocycles. The van der Waals surface area contributed by atoms with Gasteiger partial charge in [0.15, 0.2) is 0 Å². The number of benzene rings is 2. The Hall–Kier alpha value is -3.68. The van der Waals surface area contributed by atoms with E-state index in [0.717, 1.165) is 47.7 Å². The van der Waals surface area contributed by atoms with Crippen molar-refractivity contribution < 1.29 is 9.53 Å². The van der Waals surface area contributed by atoms with Gasteiger partial charge in [0.2, 0.25) is 5.91 Å². The van der Waals surface area contributed by atoms with E-state index in [-0.39, 0.29) is 5.91 Å². The van der Waals surface area contributed by atoms with Gasteiger partial charge in [-0.3, -0.25) is 9.69 Å². The molecule has 1 amide bonds. The lowest BCUT2D eigenvalue weighted by atomic mass is 10.0. The molecule has 1 atom stereocenters. The van der Waals surface area contributed by atoms with Crippen LogP contribution >= 0.6 is 0 Å². The molecular formula is C27H29N5O2. The normalized spacial score (nSPS) is 15.4. The van der Waals surface area contributed by atoms with Crippen molar-refractivity contribution in [2.24, 2.45) is 5.73 Å². The van der Waals surface area contributed by atoms with E-state index in [1.807, 2.05) is 53.6 Å². The zero-order chi connectivity index (χ0) is 23.3. The molecule has 2 aromatic carbocycles. The molecule has 0 saturated carbocycles. The highest BCUT2D eigenvalue weighted by Crippen LogP contribution is 2.28. The summed E-state index contributed by atoms with van der Waals surface area (Å²) in [6, 6.07) is 21.4. The minimum atomic E-state index is -0.549. The zero-order valence-electron chi connectivity index (χ0n) is 19.1. The van der Waals surface area contributed by atoms with E-state index < -0.39 is 6.04 Å². The first kappa shape index (κ1) is 22.1. The third-order valence-electron chi connectivity index (χ3n) is 6.28. The number of nitrogens with zero attached hydrogens (tertiary/aromatic N) is 3. The van der Waals surface area contributed by atoms with E-state index in [0.29, 0.717) is 19.5 Å². The lowest BCUT2D eigenvalue weighted by molar-refractivity contribution is -0.134. The summed E-state index contributed by atoms with van der Waals surface area (Å²) >= 11 is 0. The van der Waals surface area contributed by atoms with Crippen LogP contribution in [0.15, 0.2) is 79.1 Å². The Bertz CT molecular complexity index is 1230. The fourth-order valence-electron chi connectivity index (χ4n) is 4.39. The first-order valence-corrected chi connectivity index (χ1v) is 11.7. The van der Waals surface area contributed by atoms with Crippen molar-refractivity contribution in [3.8, 4) is 11.5 Å². The van der Waals surface area contributed by atoms with E-state index in [2.05, 4.69) is 39.1 Å². The Balaban J connectivity index is 1.13. The number of pyridine rings is 1. The first-order chi connectivity index (χ1) is 16.7. The number of aromatic amines is 1. The Labute approximate surface area is 199 Å². The maximum atomic E-state index is 12.9. The molecule has 0 spiro atoms. The molecule has 5 rings (SSSR count). The smallest absolute Gasteiger partial charge is 0.239 e. The Morgan fingerprint density at radius 3 is 2.50 bits per heavy atom. The molecule has 1 aliphatic rings. The number of nitrogens with one attached hydrogen (secondary N) is 1. The van der Waals surface area contributed by atoms with E-state index >= 15 is 0 Å². The van der Waals surface area contributed by atoms with E-state index in [1.165, 1.54) is 5.56 Å². The molecule has 4 aromatic rings. The molecule has 3 N–H and O–H groups in total. The topological polar surface area (TPSA) is 87.5 Å². The van der Waals surface area contributed by atoms with Gasteiger partial charge in [0.25, 0.3) is 0 Å². The van der Waals surface area contributed by atoms with E-state index in [4.69, 9.17) is 10.5 Å². The van der Waals surface area contributed by atoms with Crippen molar-refractivity contribution in [3.63, 3.8) is 0 Å². The summed E-state index contributed by atoms with van der Waals surface area (Å²) in [6.45, 7) is 4.07. The molecule has 0 aliphatic carbocycles. The van der Waals surface area contributed by atoms with E-state index in [1.54, 1.807) is 6.20 Å². The van der Waals surface area contributed by atoms with Crippen molar-refractivity contribution in [2.45, 2.75) is 19.0 Å². The van der Waals surface area contributed by atoms with Crippen molar-refractivity contribution in [2.75, 3.05) is 26.2 Å². The number of piperazine rings is 1. The van der Waals surface area contributed by atoms with Crippen LogP contribution in [0.5, 0.6) is 11.5 Å². The van der Waals surface area contributed by atoms with Gasteiger partial charge in [-0.1, -0.05) is 42.5 Å². The van der Waals surface area contributed by atoms with E-state index in [9.17, 15) is 4.79 Å². The second kappa shape index (κ2) is 10.1. The monoisotopic (exact) mass is 455 g/mol. The summed E-state index contributed by atoms with van der Waals surface area (Å²) in [4.78, 5) is 24.6. The largest absolute Gasteiger partial charge is 0.457 e. The molecular weight excluding hydrogens is 426 g/mol. The number of amides is 1. The first-order valence-electron chi connectivity index (χ1n) is 11.7. The number of H-pyrrole nitrogens is 1. The summed E-state index contributed by atoms with van der Waals surface area (Å²) in [5.74, 6) is 1.50. The molecule has 34 heavy (non-hydrogen) atoms. The quantitative estimate of drug-likeness (QED) is 0.445. The Kier molecular flexibility index (Phi) is 6.56. The summed E-state index contributed by atoms with van der Waals surface area (Å²) < 4.78 is 6.03. The van der Waals surface area contributed by atoms with Gasteiger partial charge in [-0.05, 0) is 41.8 Å². The lowest BCUT2D eigenvalue weighted by Crippen LogP contribution is -2.53. The molecule has 1 fully saturated rings. The number of hydrogen-bond acceptors (Lipinski definition) is 5. The second-order valence-corrected chi connectivity index (χ2v) is 8.69. The van der Waals surface area contributed by atoms with Gasteiger partial charge in [-0.2, -0.15) is 0 Å². The van der Waals surface area contributed by atoms with Crippen LogP contribution in [0.3, 0.4) is 0 Å². The van der Waals surface area contributed by atoms with Crippen LogP contribution < -0.4 is 10.5 Å². The molecule has 0 bridgehead atoms. The molecule has 2 aromatic heterocycles. The summed E-state index contributed by atoms with van der Waals surface area (Å²) in [5.41, 5.74) is 9.41. The second-order valence-electron chi connectivity index (χ2n) is 8.69. The number of aromatic nitrogens is 2. The van der Waals surface area contributed by atoms with Crippen LogP contribution in [0, 0.1) is 0 Å². The number of carbonyl (C=O) groups is 1. The van der Waals surface area contributed by atoms with Gasteiger partial charge in [-0.15, -0.1) is 0 Å². The van der Waals surface area contributed by atoms with Gasteiger partial charge in [0.05, 0.1) is 11.4 Å². The maximum Gasteiger partial charge on any atom is 0.239 e. The highest BCUT2D eigenvalue weighted by molar-refractivity contribution is 5.83. The molecule has 174 valence electrons. The van der Waals surface area contributed by atoms with Crippen LogP contribution in [0.1, 0.15) is 11.1 Å². The average Bonchev–Trinajstić information content (AvgIpc) is 3.36. The molecule has 7 nitrogen and oxygen atoms in total. The fourth-order valence-corrected chi connectivity index (χ4v) is 4.39. The lowest BCUT2D eigenvalue weighted by Gasteiger charge is -2.36. The molecule has 7 heteroatoms. The van der Waals surface area contributed by atoms with Crippen LogP contribution in [0.2, 0.25) is 0 Å². The van der Waals surface area contributed by atoms with Crippen LogP contribution in [-0.4, -0.2) is 57.9 Å². The third-order valence-corrected chi connectivity index (χ3v) is 6.28. The highest BCUT2D eigenvalue weighted by atomic mass is 16.5. The number of rotatable bonds is 7. The van der Waals surface area contributed by atoms with Gasteiger partial charge < -0.3 is 20.4 Å². The number of ether oxygens (including phenoxy) is 1. The number of nitrogens with two attached hydrogens (primary N) is 1. The van der Waals surface area contributed by atoms with Gasteiger partial charge >= 0.3 is 0 Å². The highest BCUT2D eigenvalue weighted by Gasteiger charge is 2.25.